The lowest BCUT2D eigenvalue weighted by Crippen LogP contribution is -2.03. The number of aromatic nitrogens is 4. The Labute approximate surface area is 116 Å². The van der Waals surface area contributed by atoms with Crippen LogP contribution in [0.4, 0.5) is 5.69 Å². The fraction of sp³-hybridized carbons (Fsp3) is 0.200. The van der Waals surface area contributed by atoms with Gasteiger partial charge in [-0.3, -0.25) is 10.1 Å². The van der Waals surface area contributed by atoms with Crippen LogP contribution in [0.5, 0.6) is 0 Å². The molecule has 0 atom stereocenters. The molecule has 9 nitrogen and oxygen atoms in total. The fourth-order valence-corrected chi connectivity index (χ4v) is 2.28. The lowest BCUT2D eigenvalue weighted by Gasteiger charge is -2.03. The van der Waals surface area contributed by atoms with Gasteiger partial charge in [0.05, 0.1) is 4.92 Å². The number of tetrazole rings is 1. The predicted octanol–water partition coefficient (Wildman–Crippen LogP) is 1.11. The number of benzene rings is 1. The van der Waals surface area contributed by atoms with Crippen LogP contribution in [-0.4, -0.2) is 36.2 Å². The van der Waals surface area contributed by atoms with E-state index >= 15 is 0 Å². The summed E-state index contributed by atoms with van der Waals surface area (Å²) in [4.78, 5) is 21.0. The van der Waals surface area contributed by atoms with Gasteiger partial charge in [-0.2, -0.15) is 0 Å². The Morgan fingerprint density at radius 2 is 2.30 bits per heavy atom. The molecule has 1 N–H and O–H groups in total. The van der Waals surface area contributed by atoms with Crippen LogP contribution in [0.3, 0.4) is 0 Å². The molecule has 1 heterocycles. The first-order valence-electron chi connectivity index (χ1n) is 5.35. The Morgan fingerprint density at radius 3 is 2.85 bits per heavy atom. The Kier molecular flexibility index (Phi) is 3.94. The number of hydrogen-bond acceptors (Lipinski definition) is 7. The van der Waals surface area contributed by atoms with Gasteiger partial charge < -0.3 is 5.11 Å². The maximum atomic E-state index is 10.9. The maximum Gasteiger partial charge on any atom is 0.342 e. The molecule has 2 aromatic rings. The van der Waals surface area contributed by atoms with Gasteiger partial charge in [-0.15, -0.1) is 5.10 Å². The predicted molar refractivity (Wildman–Crippen MR) is 68.4 cm³/mol. The van der Waals surface area contributed by atoms with E-state index < -0.39 is 16.6 Å². The van der Waals surface area contributed by atoms with E-state index in [1.54, 1.807) is 7.05 Å². The molecule has 0 radical (unpaired) electrons. The standard InChI is InChI=1S/C10H9N5O4S/c1-14-10(11-12-13-14)20-5-6-2-3-7(9(16)17)8(4-6)15(18)19/h2-4H,5H2,1H3,(H,16,17). The second-order valence-electron chi connectivity index (χ2n) is 3.79. The minimum atomic E-state index is -1.33. The summed E-state index contributed by atoms with van der Waals surface area (Å²) < 4.78 is 1.48. The summed E-state index contributed by atoms with van der Waals surface area (Å²) >= 11 is 1.30. The molecule has 104 valence electrons. The summed E-state index contributed by atoms with van der Waals surface area (Å²) in [6.45, 7) is 0. The number of thioether (sulfide) groups is 1. The number of carboxylic acid groups (broad SMARTS) is 1. The third-order valence-corrected chi connectivity index (χ3v) is 3.52. The van der Waals surface area contributed by atoms with Crippen molar-refractivity contribution in [1.82, 2.24) is 20.2 Å². The van der Waals surface area contributed by atoms with Gasteiger partial charge in [0, 0.05) is 18.9 Å². The summed E-state index contributed by atoms with van der Waals surface area (Å²) in [6.07, 6.45) is 0. The van der Waals surface area contributed by atoms with E-state index in [9.17, 15) is 14.9 Å². The molecule has 0 aliphatic rings. The number of aryl methyl sites for hydroxylation is 1. The molecular formula is C10H9N5O4S. The highest BCUT2D eigenvalue weighted by Gasteiger charge is 2.20. The topological polar surface area (TPSA) is 124 Å². The first-order chi connectivity index (χ1) is 9.49. The van der Waals surface area contributed by atoms with Crippen LogP contribution in [0, 0.1) is 10.1 Å². The van der Waals surface area contributed by atoms with Crippen LogP contribution in [0.1, 0.15) is 15.9 Å². The van der Waals surface area contributed by atoms with E-state index in [1.165, 1.54) is 34.6 Å². The van der Waals surface area contributed by atoms with Crippen molar-refractivity contribution in [3.63, 3.8) is 0 Å². The maximum absolute atomic E-state index is 10.9. The quantitative estimate of drug-likeness (QED) is 0.494. The molecule has 0 aliphatic heterocycles. The molecule has 0 spiro atoms. The first-order valence-corrected chi connectivity index (χ1v) is 6.33. The number of nitro groups is 1. The van der Waals surface area contributed by atoms with Gasteiger partial charge in [-0.05, 0) is 22.1 Å². The highest BCUT2D eigenvalue weighted by atomic mass is 32.2. The summed E-state index contributed by atoms with van der Waals surface area (Å²) in [5.74, 6) is -0.928. The molecule has 0 saturated heterocycles. The molecule has 0 unspecified atom stereocenters. The van der Waals surface area contributed by atoms with Gasteiger partial charge in [0.15, 0.2) is 0 Å². The number of aromatic carboxylic acids is 1. The number of carboxylic acids is 1. The van der Waals surface area contributed by atoms with Crippen molar-refractivity contribution in [3.8, 4) is 0 Å². The average Bonchev–Trinajstić information content (AvgIpc) is 2.81. The van der Waals surface area contributed by atoms with Crippen molar-refractivity contribution in [2.75, 3.05) is 0 Å². The van der Waals surface area contributed by atoms with Gasteiger partial charge in [0.1, 0.15) is 5.56 Å². The van der Waals surface area contributed by atoms with Crippen LogP contribution in [-0.2, 0) is 12.8 Å². The van der Waals surface area contributed by atoms with E-state index in [1.807, 2.05) is 0 Å². The van der Waals surface area contributed by atoms with Crippen molar-refractivity contribution in [3.05, 3.63) is 39.4 Å². The molecule has 0 aliphatic carbocycles. The summed E-state index contributed by atoms with van der Waals surface area (Å²) in [6, 6.07) is 4.01. The number of carbonyl (C=O) groups is 1. The molecule has 10 heteroatoms. The van der Waals surface area contributed by atoms with Gasteiger partial charge in [-0.25, -0.2) is 9.48 Å². The number of rotatable bonds is 5. The highest BCUT2D eigenvalue weighted by molar-refractivity contribution is 7.98. The van der Waals surface area contributed by atoms with Crippen LogP contribution >= 0.6 is 11.8 Å². The van der Waals surface area contributed by atoms with Gasteiger partial charge >= 0.3 is 5.97 Å². The Balaban J connectivity index is 2.21. The monoisotopic (exact) mass is 295 g/mol. The lowest BCUT2D eigenvalue weighted by molar-refractivity contribution is -0.385. The minimum Gasteiger partial charge on any atom is -0.477 e. The van der Waals surface area contributed by atoms with Crippen molar-refractivity contribution < 1.29 is 14.8 Å². The Morgan fingerprint density at radius 1 is 1.55 bits per heavy atom. The normalized spacial score (nSPS) is 10.4. The van der Waals surface area contributed by atoms with Crippen LogP contribution < -0.4 is 0 Å². The van der Waals surface area contributed by atoms with Crippen molar-refractivity contribution in [1.29, 1.82) is 0 Å². The third-order valence-electron chi connectivity index (χ3n) is 2.44. The molecule has 20 heavy (non-hydrogen) atoms. The largest absolute Gasteiger partial charge is 0.477 e. The zero-order chi connectivity index (χ0) is 14.7. The lowest BCUT2D eigenvalue weighted by atomic mass is 10.1. The SMILES string of the molecule is Cn1nnnc1SCc1ccc(C(=O)O)c([N+](=O)[O-])c1. The van der Waals surface area contributed by atoms with E-state index in [2.05, 4.69) is 15.5 Å². The van der Waals surface area contributed by atoms with Crippen molar-refractivity contribution >= 4 is 23.4 Å². The summed E-state index contributed by atoms with van der Waals surface area (Å²) in [7, 11) is 1.68. The van der Waals surface area contributed by atoms with E-state index in [0.717, 1.165) is 0 Å². The average molecular weight is 295 g/mol. The number of nitrogens with zero attached hydrogens (tertiary/aromatic N) is 5. The van der Waals surface area contributed by atoms with Crippen LogP contribution in [0.2, 0.25) is 0 Å². The zero-order valence-electron chi connectivity index (χ0n) is 10.3. The molecule has 1 aromatic heterocycles. The molecule has 0 bridgehead atoms. The summed E-state index contributed by atoms with van der Waals surface area (Å²) in [5.41, 5.74) is -0.134. The number of hydrogen-bond donors (Lipinski definition) is 1. The van der Waals surface area contributed by atoms with Gasteiger partial charge in [-0.1, -0.05) is 17.8 Å². The smallest absolute Gasteiger partial charge is 0.342 e. The molecular weight excluding hydrogens is 286 g/mol. The van der Waals surface area contributed by atoms with Crippen molar-refractivity contribution in [2.45, 2.75) is 10.9 Å². The molecule has 2 rings (SSSR count). The third kappa shape index (κ3) is 2.91. The fourth-order valence-electron chi connectivity index (χ4n) is 1.49. The molecule has 0 amide bonds. The highest BCUT2D eigenvalue weighted by Crippen LogP contribution is 2.25. The number of nitro benzene ring substituents is 1. The van der Waals surface area contributed by atoms with Gasteiger partial charge in [0.2, 0.25) is 5.16 Å². The van der Waals surface area contributed by atoms with Crippen molar-refractivity contribution in [2.24, 2.45) is 7.05 Å². The Hall–Kier alpha value is -2.49. The molecule has 1 aromatic carbocycles. The second-order valence-corrected chi connectivity index (χ2v) is 4.73. The van der Waals surface area contributed by atoms with Crippen LogP contribution in [0.25, 0.3) is 0 Å². The molecule has 0 saturated carbocycles. The zero-order valence-corrected chi connectivity index (χ0v) is 11.1. The molecule has 0 fully saturated rings. The second kappa shape index (κ2) is 5.65. The van der Waals surface area contributed by atoms with E-state index in [-0.39, 0.29) is 5.56 Å². The van der Waals surface area contributed by atoms with E-state index in [0.29, 0.717) is 16.5 Å². The summed E-state index contributed by atoms with van der Waals surface area (Å²) in [5, 5.41) is 31.2. The van der Waals surface area contributed by atoms with Gasteiger partial charge in [0.25, 0.3) is 5.69 Å². The minimum absolute atomic E-state index is 0.330. The Bertz CT molecular complexity index is 671. The van der Waals surface area contributed by atoms with E-state index in [4.69, 9.17) is 5.11 Å². The first kappa shape index (κ1) is 13.9. The van der Waals surface area contributed by atoms with Crippen LogP contribution in [0.15, 0.2) is 23.4 Å².